The lowest BCUT2D eigenvalue weighted by Gasteiger charge is -2.12. The number of pyridine rings is 1. The third-order valence-electron chi connectivity index (χ3n) is 2.19. The molecule has 18 heavy (non-hydrogen) atoms. The molecule has 1 aromatic heterocycles. The van der Waals surface area contributed by atoms with Crippen LogP contribution < -0.4 is 9.47 Å². The van der Waals surface area contributed by atoms with Crippen molar-refractivity contribution in [3.8, 4) is 23.4 Å². The van der Waals surface area contributed by atoms with E-state index in [1.165, 1.54) is 0 Å². The minimum absolute atomic E-state index is 0.484. The number of benzene rings is 1. The van der Waals surface area contributed by atoms with E-state index in [4.69, 9.17) is 14.7 Å². The summed E-state index contributed by atoms with van der Waals surface area (Å²) in [6, 6.07) is 14.6. The lowest BCUT2D eigenvalue weighted by molar-refractivity contribution is 0.264. The van der Waals surface area contributed by atoms with Crippen LogP contribution in [0.2, 0.25) is 0 Å². The van der Waals surface area contributed by atoms with Gasteiger partial charge >= 0.3 is 0 Å². The average molecular weight is 240 g/mol. The third-order valence-corrected chi connectivity index (χ3v) is 2.19. The topological polar surface area (TPSA) is 55.1 Å². The zero-order valence-corrected chi connectivity index (χ0v) is 9.91. The maximum Gasteiger partial charge on any atom is 0.219 e. The Balaban J connectivity index is 2.20. The first-order valence-electron chi connectivity index (χ1n) is 5.54. The van der Waals surface area contributed by atoms with Crippen molar-refractivity contribution in [2.24, 2.45) is 0 Å². The molecule has 0 amide bonds. The monoisotopic (exact) mass is 240 g/mol. The highest BCUT2D eigenvalue weighted by Gasteiger charge is 2.09. The molecule has 0 saturated carbocycles. The number of rotatable bonds is 4. The normalized spacial score (nSPS) is 11.3. The fraction of sp³-hybridized carbons (Fsp3) is 0.143. The van der Waals surface area contributed by atoms with Crippen LogP contribution in [0.4, 0.5) is 0 Å². The van der Waals surface area contributed by atoms with Gasteiger partial charge in [-0.1, -0.05) is 18.2 Å². The van der Waals surface area contributed by atoms with Gasteiger partial charge in [-0.3, -0.25) is 0 Å². The van der Waals surface area contributed by atoms with Gasteiger partial charge in [-0.25, -0.2) is 4.98 Å². The second kappa shape index (κ2) is 5.69. The molecule has 0 saturated heterocycles. The number of aromatic nitrogens is 1. The SMILES string of the molecule is CC(C#N)Oc1ccccc1Oc1ccccn1. The fourth-order valence-electron chi connectivity index (χ4n) is 1.37. The first-order chi connectivity index (χ1) is 8.79. The molecule has 4 heteroatoms. The standard InChI is InChI=1S/C14H12N2O2/c1-11(10-15)17-12-6-2-3-7-13(12)18-14-8-4-5-9-16-14/h2-9,11H,1H3. The Morgan fingerprint density at radius 2 is 1.83 bits per heavy atom. The van der Waals surface area contributed by atoms with Crippen molar-refractivity contribution in [2.45, 2.75) is 13.0 Å². The van der Waals surface area contributed by atoms with Gasteiger partial charge in [0.1, 0.15) is 6.07 Å². The van der Waals surface area contributed by atoms with Crippen molar-refractivity contribution in [3.63, 3.8) is 0 Å². The summed E-state index contributed by atoms with van der Waals surface area (Å²) in [5, 5.41) is 8.75. The van der Waals surface area contributed by atoms with E-state index in [2.05, 4.69) is 4.98 Å². The lowest BCUT2D eigenvalue weighted by atomic mass is 10.3. The zero-order chi connectivity index (χ0) is 12.8. The largest absolute Gasteiger partial charge is 0.472 e. The number of para-hydroxylation sites is 2. The first kappa shape index (κ1) is 11.9. The predicted octanol–water partition coefficient (Wildman–Crippen LogP) is 3.16. The highest BCUT2D eigenvalue weighted by Crippen LogP contribution is 2.30. The summed E-state index contributed by atoms with van der Waals surface area (Å²) in [7, 11) is 0. The van der Waals surface area contributed by atoms with E-state index in [9.17, 15) is 0 Å². The molecular formula is C14H12N2O2. The van der Waals surface area contributed by atoms with Crippen molar-refractivity contribution < 1.29 is 9.47 Å². The van der Waals surface area contributed by atoms with Crippen molar-refractivity contribution in [2.75, 3.05) is 0 Å². The number of hydrogen-bond donors (Lipinski definition) is 0. The van der Waals surface area contributed by atoms with Crippen LogP contribution in [-0.4, -0.2) is 11.1 Å². The molecule has 1 aromatic carbocycles. The molecular weight excluding hydrogens is 228 g/mol. The van der Waals surface area contributed by atoms with Crippen molar-refractivity contribution in [1.29, 1.82) is 5.26 Å². The molecule has 0 fully saturated rings. The van der Waals surface area contributed by atoms with Gasteiger partial charge in [0, 0.05) is 12.3 Å². The van der Waals surface area contributed by atoms with Crippen LogP contribution in [0.15, 0.2) is 48.7 Å². The molecule has 1 heterocycles. The smallest absolute Gasteiger partial charge is 0.219 e. The second-order valence-electron chi connectivity index (χ2n) is 3.61. The van der Waals surface area contributed by atoms with Gasteiger partial charge < -0.3 is 9.47 Å². The molecule has 2 aromatic rings. The Morgan fingerprint density at radius 1 is 1.11 bits per heavy atom. The Kier molecular flexibility index (Phi) is 3.77. The van der Waals surface area contributed by atoms with Gasteiger partial charge in [-0.15, -0.1) is 0 Å². The molecule has 0 radical (unpaired) electrons. The fourth-order valence-corrected chi connectivity index (χ4v) is 1.37. The maximum atomic E-state index is 8.75. The summed E-state index contributed by atoms with van der Waals surface area (Å²) in [5.74, 6) is 1.55. The number of hydrogen-bond acceptors (Lipinski definition) is 4. The van der Waals surface area contributed by atoms with E-state index in [0.717, 1.165) is 0 Å². The molecule has 90 valence electrons. The molecule has 0 bridgehead atoms. The van der Waals surface area contributed by atoms with Crippen LogP contribution in [0, 0.1) is 11.3 Å². The Labute approximate surface area is 105 Å². The first-order valence-corrected chi connectivity index (χ1v) is 5.54. The number of ether oxygens (including phenoxy) is 2. The van der Waals surface area contributed by atoms with Crippen LogP contribution in [-0.2, 0) is 0 Å². The second-order valence-corrected chi connectivity index (χ2v) is 3.61. The molecule has 0 aliphatic heterocycles. The molecule has 1 atom stereocenters. The van der Waals surface area contributed by atoms with E-state index in [-0.39, 0.29) is 0 Å². The molecule has 0 aliphatic carbocycles. The van der Waals surface area contributed by atoms with E-state index in [1.54, 1.807) is 31.3 Å². The van der Waals surface area contributed by atoms with Crippen LogP contribution in [0.25, 0.3) is 0 Å². The van der Waals surface area contributed by atoms with Gasteiger partial charge in [0.15, 0.2) is 17.6 Å². The minimum atomic E-state index is -0.529. The lowest BCUT2D eigenvalue weighted by Crippen LogP contribution is -2.08. The van der Waals surface area contributed by atoms with Crippen LogP contribution in [0.1, 0.15) is 6.92 Å². The summed E-state index contributed by atoms with van der Waals surface area (Å²) in [4.78, 5) is 4.07. The van der Waals surface area contributed by atoms with Crippen LogP contribution in [0.5, 0.6) is 17.4 Å². The van der Waals surface area contributed by atoms with Crippen LogP contribution >= 0.6 is 0 Å². The average Bonchev–Trinajstić information content (AvgIpc) is 2.42. The number of nitrogens with zero attached hydrogens (tertiary/aromatic N) is 2. The molecule has 1 unspecified atom stereocenters. The van der Waals surface area contributed by atoms with Crippen molar-refractivity contribution in [1.82, 2.24) is 4.98 Å². The van der Waals surface area contributed by atoms with E-state index in [1.807, 2.05) is 30.3 Å². The Hall–Kier alpha value is -2.54. The van der Waals surface area contributed by atoms with Gasteiger partial charge in [-0.2, -0.15) is 5.26 Å². The predicted molar refractivity (Wildman–Crippen MR) is 66.5 cm³/mol. The van der Waals surface area contributed by atoms with Crippen molar-refractivity contribution >= 4 is 0 Å². The van der Waals surface area contributed by atoms with Gasteiger partial charge in [0.05, 0.1) is 0 Å². The van der Waals surface area contributed by atoms with Crippen molar-refractivity contribution in [3.05, 3.63) is 48.7 Å². The van der Waals surface area contributed by atoms with Crippen LogP contribution in [0.3, 0.4) is 0 Å². The molecule has 4 nitrogen and oxygen atoms in total. The third kappa shape index (κ3) is 2.98. The maximum absolute atomic E-state index is 8.75. The zero-order valence-electron chi connectivity index (χ0n) is 9.91. The highest BCUT2D eigenvalue weighted by molar-refractivity contribution is 5.41. The quantitative estimate of drug-likeness (QED) is 0.823. The minimum Gasteiger partial charge on any atom is -0.472 e. The Bertz CT molecular complexity index is 549. The summed E-state index contributed by atoms with van der Waals surface area (Å²) < 4.78 is 11.1. The van der Waals surface area contributed by atoms with Gasteiger partial charge in [-0.05, 0) is 25.1 Å². The summed E-state index contributed by atoms with van der Waals surface area (Å²) in [6.45, 7) is 1.68. The van der Waals surface area contributed by atoms with E-state index >= 15 is 0 Å². The molecule has 0 aliphatic rings. The number of nitriles is 1. The van der Waals surface area contributed by atoms with E-state index < -0.39 is 6.10 Å². The molecule has 0 N–H and O–H groups in total. The highest BCUT2D eigenvalue weighted by atomic mass is 16.5. The molecule has 2 rings (SSSR count). The summed E-state index contributed by atoms with van der Waals surface area (Å²) >= 11 is 0. The summed E-state index contributed by atoms with van der Waals surface area (Å²) in [5.41, 5.74) is 0. The van der Waals surface area contributed by atoms with E-state index in [0.29, 0.717) is 17.4 Å². The van der Waals surface area contributed by atoms with Gasteiger partial charge in [0.25, 0.3) is 0 Å². The summed E-state index contributed by atoms with van der Waals surface area (Å²) in [6.07, 6.45) is 1.12. The Morgan fingerprint density at radius 3 is 2.50 bits per heavy atom. The molecule has 0 spiro atoms. The van der Waals surface area contributed by atoms with Gasteiger partial charge in [0.2, 0.25) is 5.88 Å².